The summed E-state index contributed by atoms with van der Waals surface area (Å²) in [6.07, 6.45) is 0. The molecule has 2 bridgehead atoms. The predicted octanol–water partition coefficient (Wildman–Crippen LogP) is 12.0. The van der Waals surface area contributed by atoms with Gasteiger partial charge >= 0.3 is 0 Å². The monoisotopic (exact) mass is 614 g/mol. The average Bonchev–Trinajstić information content (AvgIpc) is 3.55. The normalized spacial score (nSPS) is 15.6. The second-order valence-corrected chi connectivity index (χ2v) is 12.7. The Morgan fingerprint density at radius 1 is 0.500 bits per heavy atom. The summed E-state index contributed by atoms with van der Waals surface area (Å²) in [5.74, 6) is 0.273. The molecular formula is C45H30N2O. The van der Waals surface area contributed by atoms with Crippen LogP contribution in [-0.4, -0.2) is 6.72 Å². The van der Waals surface area contributed by atoms with E-state index in [9.17, 15) is 0 Å². The van der Waals surface area contributed by atoms with Crippen molar-refractivity contribution in [2.24, 2.45) is 4.99 Å². The molecule has 1 aromatic heterocycles. The van der Waals surface area contributed by atoms with Crippen LogP contribution in [0.15, 0.2) is 167 Å². The molecule has 0 fully saturated rings. The van der Waals surface area contributed by atoms with Gasteiger partial charge in [-0.05, 0) is 93.7 Å². The van der Waals surface area contributed by atoms with E-state index in [4.69, 9.17) is 4.42 Å². The van der Waals surface area contributed by atoms with E-state index in [1.165, 1.54) is 44.5 Å². The maximum Gasteiger partial charge on any atom is 0.159 e. The van der Waals surface area contributed by atoms with Gasteiger partial charge in [0, 0.05) is 34.0 Å². The van der Waals surface area contributed by atoms with E-state index in [1.54, 1.807) is 0 Å². The number of nitrogens with zero attached hydrogens (tertiary/aromatic N) is 2. The summed E-state index contributed by atoms with van der Waals surface area (Å²) in [4.78, 5) is 6.86. The number of furan rings is 1. The molecule has 0 saturated carbocycles. The zero-order valence-electron chi connectivity index (χ0n) is 26.2. The van der Waals surface area contributed by atoms with Crippen LogP contribution in [0.1, 0.15) is 45.2 Å². The molecule has 7 aromatic carbocycles. The van der Waals surface area contributed by atoms with Crippen molar-refractivity contribution in [2.45, 2.75) is 11.8 Å². The maximum absolute atomic E-state index is 6.51. The summed E-state index contributed by atoms with van der Waals surface area (Å²) in [5, 5.41) is 2.23. The summed E-state index contributed by atoms with van der Waals surface area (Å²) in [5.41, 5.74) is 16.5. The Balaban J connectivity index is 1.15. The van der Waals surface area contributed by atoms with Crippen LogP contribution in [0.3, 0.4) is 0 Å². The van der Waals surface area contributed by atoms with Crippen LogP contribution in [0, 0.1) is 0 Å². The van der Waals surface area contributed by atoms with Crippen LogP contribution in [0.25, 0.3) is 33.1 Å². The van der Waals surface area contributed by atoms with Crippen molar-refractivity contribution >= 4 is 51.4 Å². The first kappa shape index (κ1) is 27.0. The Bertz CT molecular complexity index is 2500. The number of anilines is 3. The lowest BCUT2D eigenvalue weighted by molar-refractivity contribution is 0.669. The Kier molecular flexibility index (Phi) is 5.85. The molecule has 0 radical (unpaired) electrons. The molecule has 0 aliphatic heterocycles. The molecule has 3 nitrogen and oxygen atoms in total. The predicted molar refractivity (Wildman–Crippen MR) is 198 cm³/mol. The van der Waals surface area contributed by atoms with E-state index in [0.717, 1.165) is 44.7 Å². The van der Waals surface area contributed by atoms with Gasteiger partial charge in [0.2, 0.25) is 0 Å². The van der Waals surface area contributed by atoms with Gasteiger partial charge in [0.25, 0.3) is 0 Å². The van der Waals surface area contributed by atoms with Crippen LogP contribution in [0.4, 0.5) is 22.7 Å². The van der Waals surface area contributed by atoms with E-state index in [-0.39, 0.29) is 11.8 Å². The van der Waals surface area contributed by atoms with E-state index < -0.39 is 0 Å². The minimum atomic E-state index is 0.134. The minimum Gasteiger partial charge on any atom is -0.454 e. The first-order valence-corrected chi connectivity index (χ1v) is 16.5. The Labute approximate surface area is 279 Å². The van der Waals surface area contributed by atoms with Crippen molar-refractivity contribution in [1.29, 1.82) is 0 Å². The molecule has 3 heteroatoms. The van der Waals surface area contributed by atoms with Crippen molar-refractivity contribution in [1.82, 2.24) is 0 Å². The smallest absolute Gasteiger partial charge is 0.159 e. The molecule has 3 aliphatic rings. The molecular weight excluding hydrogens is 585 g/mol. The quantitative estimate of drug-likeness (QED) is 0.180. The zero-order chi connectivity index (χ0) is 31.8. The van der Waals surface area contributed by atoms with Gasteiger partial charge in [-0.25, -0.2) is 0 Å². The first-order chi connectivity index (χ1) is 23.8. The van der Waals surface area contributed by atoms with Gasteiger partial charge in [-0.3, -0.25) is 4.99 Å². The lowest BCUT2D eigenvalue weighted by Crippen LogP contribution is -2.28. The topological polar surface area (TPSA) is 28.7 Å². The second-order valence-electron chi connectivity index (χ2n) is 12.7. The van der Waals surface area contributed by atoms with Gasteiger partial charge in [-0.15, -0.1) is 0 Å². The zero-order valence-corrected chi connectivity index (χ0v) is 26.2. The number of benzene rings is 7. The second kappa shape index (κ2) is 10.4. The molecule has 1 heterocycles. The third kappa shape index (κ3) is 3.79. The fraction of sp³-hybridized carbons (Fsp3) is 0.0444. The van der Waals surface area contributed by atoms with Crippen molar-refractivity contribution in [2.75, 3.05) is 4.90 Å². The highest BCUT2D eigenvalue weighted by molar-refractivity contribution is 6.10. The molecule has 0 amide bonds. The maximum atomic E-state index is 6.51. The van der Waals surface area contributed by atoms with Crippen LogP contribution in [-0.2, 0) is 0 Å². The molecule has 0 saturated heterocycles. The highest BCUT2D eigenvalue weighted by Crippen LogP contribution is 2.60. The van der Waals surface area contributed by atoms with Gasteiger partial charge in [-0.1, -0.05) is 115 Å². The summed E-state index contributed by atoms with van der Waals surface area (Å²) in [7, 11) is 0. The van der Waals surface area contributed by atoms with E-state index in [2.05, 4.69) is 162 Å². The Morgan fingerprint density at radius 3 is 1.77 bits per heavy atom. The number of para-hydroxylation sites is 3. The van der Waals surface area contributed by atoms with Crippen molar-refractivity contribution in [3.05, 3.63) is 191 Å². The third-order valence-electron chi connectivity index (χ3n) is 10.3. The van der Waals surface area contributed by atoms with Gasteiger partial charge in [0.1, 0.15) is 5.58 Å². The van der Waals surface area contributed by atoms with E-state index in [1.807, 2.05) is 12.1 Å². The number of hydrogen-bond donors (Lipinski definition) is 0. The summed E-state index contributed by atoms with van der Waals surface area (Å²) < 4.78 is 6.51. The number of aliphatic imine (C=N–C) groups is 1. The largest absolute Gasteiger partial charge is 0.454 e. The fourth-order valence-corrected chi connectivity index (χ4v) is 8.36. The van der Waals surface area contributed by atoms with Gasteiger partial charge < -0.3 is 9.32 Å². The highest BCUT2D eigenvalue weighted by Gasteiger charge is 2.43. The molecule has 3 aliphatic carbocycles. The molecule has 0 N–H and O–H groups in total. The van der Waals surface area contributed by atoms with Crippen LogP contribution in [0.5, 0.6) is 0 Å². The van der Waals surface area contributed by atoms with Crippen LogP contribution >= 0.6 is 0 Å². The molecule has 48 heavy (non-hydrogen) atoms. The van der Waals surface area contributed by atoms with E-state index in [0.29, 0.717) is 0 Å². The molecule has 11 rings (SSSR count). The summed E-state index contributed by atoms with van der Waals surface area (Å²) in [6, 6.07) is 56.5. The van der Waals surface area contributed by atoms with Gasteiger partial charge in [0.05, 0.1) is 11.4 Å². The van der Waals surface area contributed by atoms with Crippen LogP contribution in [0.2, 0.25) is 0 Å². The number of fused-ring (bicyclic) bond motifs is 3. The van der Waals surface area contributed by atoms with E-state index >= 15 is 0 Å². The van der Waals surface area contributed by atoms with Crippen molar-refractivity contribution in [3.63, 3.8) is 0 Å². The minimum absolute atomic E-state index is 0.134. The summed E-state index contributed by atoms with van der Waals surface area (Å²) in [6.45, 7) is 4.00. The van der Waals surface area contributed by atoms with Gasteiger partial charge in [-0.2, -0.15) is 0 Å². The fourth-order valence-electron chi connectivity index (χ4n) is 8.36. The standard InChI is InChI=1S/C45H30N2O/c1-46-38-27-26-31(43-41-33-15-5-7-17-35(33)42(44(38)43)36-18-8-6-16-34(36)41)28-22-24-30(25-23-28)47(29-12-3-2-4-13-29)39-20-11-19-37-32-14-9-10-21-40(32)48-45(37)39/h2-27,41-42H,1H2. The molecule has 8 aromatic rings. The third-order valence-corrected chi connectivity index (χ3v) is 10.3. The molecule has 226 valence electrons. The lowest BCUT2D eigenvalue weighted by atomic mass is 9.59. The number of hydrogen-bond acceptors (Lipinski definition) is 3. The first-order valence-electron chi connectivity index (χ1n) is 16.5. The van der Waals surface area contributed by atoms with Crippen molar-refractivity contribution < 1.29 is 4.42 Å². The SMILES string of the molecule is C=Nc1ccc(-c2ccc(N(c3ccccc3)c3cccc4c3oc3ccccc34)cc2)c2c1C1c3ccccc3C2c2ccccc21. The Hall–Kier alpha value is -6.19. The molecule has 0 spiro atoms. The average molecular weight is 615 g/mol. The number of rotatable bonds is 5. The summed E-state index contributed by atoms with van der Waals surface area (Å²) >= 11 is 0. The Morgan fingerprint density at radius 2 is 1.08 bits per heavy atom. The molecule has 0 atom stereocenters. The van der Waals surface area contributed by atoms with Crippen LogP contribution < -0.4 is 4.90 Å². The van der Waals surface area contributed by atoms with Crippen molar-refractivity contribution in [3.8, 4) is 11.1 Å². The lowest BCUT2D eigenvalue weighted by Gasteiger charge is -2.43. The van der Waals surface area contributed by atoms with Gasteiger partial charge in [0.15, 0.2) is 5.58 Å². The highest BCUT2D eigenvalue weighted by atomic mass is 16.3. The molecule has 0 unspecified atom stereocenters.